The minimum atomic E-state index is -0.394. The molecular formula is C11H19NO3. The van der Waals surface area contributed by atoms with Gasteiger partial charge in [-0.15, -0.1) is 0 Å². The molecule has 1 rings (SSSR count). The summed E-state index contributed by atoms with van der Waals surface area (Å²) < 4.78 is 5.18. The molecule has 0 bridgehead atoms. The summed E-state index contributed by atoms with van der Waals surface area (Å²) in [6.45, 7) is 3.67. The first-order valence-electron chi connectivity index (χ1n) is 5.54. The third-order valence-corrected chi connectivity index (χ3v) is 2.82. The van der Waals surface area contributed by atoms with Crippen LogP contribution in [0.25, 0.3) is 0 Å². The standard InChI is InChI=1S/C11H19NO3/c1-8(9(2)13)7-12-11(14)15-10-5-3-4-6-10/h8,10H,3-7H2,1-2H3,(H,12,14). The van der Waals surface area contributed by atoms with Gasteiger partial charge in [-0.3, -0.25) is 4.79 Å². The molecular weight excluding hydrogens is 194 g/mol. The van der Waals surface area contributed by atoms with Crippen molar-refractivity contribution in [1.82, 2.24) is 5.32 Å². The van der Waals surface area contributed by atoms with Crippen LogP contribution in [-0.2, 0) is 9.53 Å². The minimum Gasteiger partial charge on any atom is -0.446 e. The minimum absolute atomic E-state index is 0.0798. The molecule has 4 heteroatoms. The molecule has 0 heterocycles. The summed E-state index contributed by atoms with van der Waals surface area (Å²) in [5, 5.41) is 2.61. The molecule has 0 aromatic heterocycles. The molecule has 0 saturated heterocycles. The lowest BCUT2D eigenvalue weighted by atomic mass is 10.1. The first-order valence-corrected chi connectivity index (χ1v) is 5.54. The molecule has 1 fully saturated rings. The fourth-order valence-corrected chi connectivity index (χ4v) is 1.58. The zero-order chi connectivity index (χ0) is 11.3. The molecule has 86 valence electrons. The van der Waals surface area contributed by atoms with E-state index in [0.717, 1.165) is 25.7 Å². The van der Waals surface area contributed by atoms with Crippen LogP contribution in [0.3, 0.4) is 0 Å². The largest absolute Gasteiger partial charge is 0.446 e. The number of alkyl carbamates (subject to hydrolysis) is 1. The van der Waals surface area contributed by atoms with E-state index in [1.165, 1.54) is 6.92 Å². The number of rotatable bonds is 4. The van der Waals surface area contributed by atoms with Crippen LogP contribution in [0, 0.1) is 5.92 Å². The molecule has 0 spiro atoms. The molecule has 0 aromatic carbocycles. The second kappa shape index (κ2) is 5.73. The molecule has 15 heavy (non-hydrogen) atoms. The molecule has 1 aliphatic rings. The zero-order valence-corrected chi connectivity index (χ0v) is 9.41. The van der Waals surface area contributed by atoms with E-state index in [1.54, 1.807) is 6.92 Å². The van der Waals surface area contributed by atoms with Gasteiger partial charge < -0.3 is 10.1 Å². The third-order valence-electron chi connectivity index (χ3n) is 2.82. The topological polar surface area (TPSA) is 55.4 Å². The molecule has 0 aromatic rings. The van der Waals surface area contributed by atoms with Gasteiger partial charge in [0.15, 0.2) is 0 Å². The average Bonchev–Trinajstić information content (AvgIpc) is 2.66. The summed E-state index contributed by atoms with van der Waals surface area (Å²) in [5.41, 5.74) is 0. The highest BCUT2D eigenvalue weighted by molar-refractivity contribution is 5.78. The summed E-state index contributed by atoms with van der Waals surface area (Å²) in [5.74, 6) is -0.0581. The van der Waals surface area contributed by atoms with E-state index in [2.05, 4.69) is 5.32 Å². The number of amides is 1. The van der Waals surface area contributed by atoms with Crippen molar-refractivity contribution < 1.29 is 14.3 Å². The van der Waals surface area contributed by atoms with E-state index in [0.29, 0.717) is 6.54 Å². The van der Waals surface area contributed by atoms with Gasteiger partial charge in [0.1, 0.15) is 11.9 Å². The molecule has 1 unspecified atom stereocenters. The van der Waals surface area contributed by atoms with Gasteiger partial charge in [0.05, 0.1) is 0 Å². The van der Waals surface area contributed by atoms with Gasteiger partial charge in [-0.25, -0.2) is 4.79 Å². The number of nitrogens with one attached hydrogen (secondary N) is 1. The van der Waals surface area contributed by atoms with Crippen molar-refractivity contribution in [1.29, 1.82) is 0 Å². The summed E-state index contributed by atoms with van der Waals surface area (Å²) >= 11 is 0. The lowest BCUT2D eigenvalue weighted by molar-refractivity contribution is -0.120. The maximum absolute atomic E-state index is 11.3. The highest BCUT2D eigenvalue weighted by atomic mass is 16.6. The van der Waals surface area contributed by atoms with Crippen LogP contribution in [0.15, 0.2) is 0 Å². The summed E-state index contributed by atoms with van der Waals surface area (Å²) in [4.78, 5) is 22.2. The number of carbonyl (C=O) groups excluding carboxylic acids is 2. The van der Waals surface area contributed by atoms with E-state index < -0.39 is 6.09 Å². The molecule has 1 saturated carbocycles. The molecule has 4 nitrogen and oxygen atoms in total. The highest BCUT2D eigenvalue weighted by Crippen LogP contribution is 2.20. The van der Waals surface area contributed by atoms with E-state index in [4.69, 9.17) is 4.74 Å². The number of ether oxygens (including phenoxy) is 1. The van der Waals surface area contributed by atoms with Gasteiger partial charge in [0.2, 0.25) is 0 Å². The van der Waals surface area contributed by atoms with Crippen molar-refractivity contribution in [3.8, 4) is 0 Å². The van der Waals surface area contributed by atoms with Crippen molar-refractivity contribution in [3.05, 3.63) is 0 Å². The van der Waals surface area contributed by atoms with Gasteiger partial charge >= 0.3 is 6.09 Å². The fraction of sp³-hybridized carbons (Fsp3) is 0.818. The Morgan fingerprint density at radius 1 is 1.40 bits per heavy atom. The number of hydrogen-bond acceptors (Lipinski definition) is 3. The van der Waals surface area contributed by atoms with Gasteiger partial charge in [-0.05, 0) is 32.6 Å². The number of hydrogen-bond donors (Lipinski definition) is 1. The third kappa shape index (κ3) is 4.32. The first kappa shape index (κ1) is 12.0. The molecule has 0 radical (unpaired) electrons. The van der Waals surface area contributed by atoms with E-state index in [-0.39, 0.29) is 17.8 Å². The second-order valence-corrected chi connectivity index (χ2v) is 4.20. The van der Waals surface area contributed by atoms with Gasteiger partial charge in [-0.2, -0.15) is 0 Å². The highest BCUT2D eigenvalue weighted by Gasteiger charge is 2.19. The van der Waals surface area contributed by atoms with Crippen LogP contribution in [0.4, 0.5) is 4.79 Å². The monoisotopic (exact) mass is 213 g/mol. The maximum Gasteiger partial charge on any atom is 0.407 e. The molecule has 1 amide bonds. The van der Waals surface area contributed by atoms with E-state index in [1.807, 2.05) is 0 Å². The zero-order valence-electron chi connectivity index (χ0n) is 9.41. The Labute approximate surface area is 90.4 Å². The SMILES string of the molecule is CC(=O)C(C)CNC(=O)OC1CCCC1. The Hall–Kier alpha value is -1.06. The summed E-state index contributed by atoms with van der Waals surface area (Å²) in [6, 6.07) is 0. The van der Waals surface area contributed by atoms with Crippen LogP contribution in [0.5, 0.6) is 0 Å². The van der Waals surface area contributed by atoms with Crippen LogP contribution in [-0.4, -0.2) is 24.5 Å². The predicted octanol–water partition coefficient (Wildman–Crippen LogP) is 1.88. The maximum atomic E-state index is 11.3. The second-order valence-electron chi connectivity index (χ2n) is 4.20. The van der Waals surface area contributed by atoms with Gasteiger partial charge in [0.25, 0.3) is 0 Å². The Morgan fingerprint density at radius 2 is 2.00 bits per heavy atom. The lowest BCUT2D eigenvalue weighted by Gasteiger charge is -2.13. The lowest BCUT2D eigenvalue weighted by Crippen LogP contribution is -2.33. The predicted molar refractivity (Wildman–Crippen MR) is 56.6 cm³/mol. The van der Waals surface area contributed by atoms with Crippen molar-refractivity contribution in [3.63, 3.8) is 0 Å². The molecule has 0 aliphatic heterocycles. The Balaban J connectivity index is 2.15. The van der Waals surface area contributed by atoms with Crippen LogP contribution < -0.4 is 5.32 Å². The normalized spacial score (nSPS) is 18.5. The van der Waals surface area contributed by atoms with Gasteiger partial charge in [-0.1, -0.05) is 6.92 Å². The van der Waals surface area contributed by atoms with Gasteiger partial charge in [0, 0.05) is 12.5 Å². The summed E-state index contributed by atoms with van der Waals surface area (Å²) in [7, 11) is 0. The first-order chi connectivity index (χ1) is 7.09. The van der Waals surface area contributed by atoms with Crippen molar-refractivity contribution >= 4 is 11.9 Å². The van der Waals surface area contributed by atoms with Crippen LogP contribution in [0.1, 0.15) is 39.5 Å². The van der Waals surface area contributed by atoms with E-state index >= 15 is 0 Å². The summed E-state index contributed by atoms with van der Waals surface area (Å²) in [6.07, 6.45) is 3.90. The Kier molecular flexibility index (Phi) is 4.59. The molecule has 1 N–H and O–H groups in total. The number of Topliss-reactive ketones (excluding diaryl/α,β-unsaturated/α-hetero) is 1. The van der Waals surface area contributed by atoms with Crippen molar-refractivity contribution in [2.75, 3.05) is 6.54 Å². The number of carbonyl (C=O) groups is 2. The fourth-order valence-electron chi connectivity index (χ4n) is 1.58. The van der Waals surface area contributed by atoms with Crippen molar-refractivity contribution in [2.24, 2.45) is 5.92 Å². The van der Waals surface area contributed by atoms with E-state index in [9.17, 15) is 9.59 Å². The van der Waals surface area contributed by atoms with Crippen molar-refractivity contribution in [2.45, 2.75) is 45.6 Å². The number of ketones is 1. The quantitative estimate of drug-likeness (QED) is 0.775. The smallest absolute Gasteiger partial charge is 0.407 e. The molecule has 1 atom stereocenters. The van der Waals surface area contributed by atoms with Crippen LogP contribution in [0.2, 0.25) is 0 Å². The average molecular weight is 213 g/mol. The Bertz CT molecular complexity index is 234. The molecule has 1 aliphatic carbocycles. The Morgan fingerprint density at radius 3 is 2.53 bits per heavy atom. The van der Waals surface area contributed by atoms with Crippen LogP contribution >= 0.6 is 0 Å².